The molecule has 0 spiro atoms. The van der Waals surface area contributed by atoms with Gasteiger partial charge >= 0.3 is 6.18 Å². The number of benzene rings is 1. The smallest absolute Gasteiger partial charge is 0.339 e. The molecular weight excluding hydrogens is 435 g/mol. The number of nitrogens with zero attached hydrogens (tertiary/aromatic N) is 2. The summed E-state index contributed by atoms with van der Waals surface area (Å²) < 4.78 is 65.3. The van der Waals surface area contributed by atoms with Crippen LogP contribution in [0.2, 0.25) is 5.02 Å². The Balaban J connectivity index is 1.92. The highest BCUT2D eigenvalue weighted by Gasteiger charge is 2.34. The first kappa shape index (κ1) is 23.4. The van der Waals surface area contributed by atoms with Gasteiger partial charge in [-0.15, -0.1) is 0 Å². The van der Waals surface area contributed by atoms with E-state index in [-0.39, 0.29) is 24.8 Å². The fourth-order valence-electron chi connectivity index (χ4n) is 2.85. The SMILES string of the molecule is CCC(=O)N1CCN(C(=O)CCNS(=O)(=O)c2ccc(Cl)c(C(F)(F)F)c2)CC1. The molecule has 0 aliphatic carbocycles. The van der Waals surface area contributed by atoms with Crippen LogP contribution in [0.5, 0.6) is 0 Å². The first-order valence-corrected chi connectivity index (χ1v) is 10.7. The fraction of sp³-hybridized carbons (Fsp3) is 0.529. The Morgan fingerprint density at radius 2 is 1.66 bits per heavy atom. The number of nitrogens with one attached hydrogen (secondary N) is 1. The molecule has 1 saturated heterocycles. The van der Waals surface area contributed by atoms with E-state index in [1.807, 2.05) is 0 Å². The van der Waals surface area contributed by atoms with Gasteiger partial charge in [-0.3, -0.25) is 9.59 Å². The first-order chi connectivity index (χ1) is 13.5. The molecule has 162 valence electrons. The molecule has 1 aromatic carbocycles. The Labute approximate surface area is 171 Å². The largest absolute Gasteiger partial charge is 0.417 e. The lowest BCUT2D eigenvalue weighted by Gasteiger charge is -2.34. The highest BCUT2D eigenvalue weighted by atomic mass is 35.5. The van der Waals surface area contributed by atoms with Crippen molar-refractivity contribution in [2.75, 3.05) is 32.7 Å². The van der Waals surface area contributed by atoms with Gasteiger partial charge in [0, 0.05) is 45.6 Å². The Morgan fingerprint density at radius 1 is 1.10 bits per heavy atom. The van der Waals surface area contributed by atoms with E-state index >= 15 is 0 Å². The van der Waals surface area contributed by atoms with E-state index in [0.29, 0.717) is 38.7 Å². The van der Waals surface area contributed by atoms with E-state index in [2.05, 4.69) is 4.72 Å². The number of hydrogen-bond donors (Lipinski definition) is 1. The van der Waals surface area contributed by atoms with Crippen LogP contribution in [-0.4, -0.2) is 62.8 Å². The molecule has 1 heterocycles. The minimum absolute atomic E-state index is 0.00560. The summed E-state index contributed by atoms with van der Waals surface area (Å²) in [7, 11) is -4.24. The topological polar surface area (TPSA) is 86.8 Å². The predicted molar refractivity (Wildman–Crippen MR) is 99.7 cm³/mol. The summed E-state index contributed by atoms with van der Waals surface area (Å²) in [6, 6.07) is 2.28. The quantitative estimate of drug-likeness (QED) is 0.711. The lowest BCUT2D eigenvalue weighted by Crippen LogP contribution is -2.50. The zero-order chi connectivity index (χ0) is 21.8. The molecule has 1 N–H and O–H groups in total. The number of rotatable bonds is 6. The van der Waals surface area contributed by atoms with Gasteiger partial charge in [-0.2, -0.15) is 13.2 Å². The molecule has 0 aromatic heterocycles. The van der Waals surface area contributed by atoms with Gasteiger partial charge in [0.25, 0.3) is 0 Å². The number of sulfonamides is 1. The summed E-state index contributed by atoms with van der Waals surface area (Å²) in [5.74, 6) is -0.297. The minimum atomic E-state index is -4.79. The standard InChI is InChI=1S/C17H21ClF3N3O4S/c1-2-15(25)23-7-9-24(10-8-23)16(26)5-6-22-29(27,28)12-3-4-14(18)13(11-12)17(19,20)21/h3-4,11,22H,2,5-10H2,1H3. The minimum Gasteiger partial charge on any atom is -0.339 e. The summed E-state index contributed by atoms with van der Waals surface area (Å²) >= 11 is 5.49. The summed E-state index contributed by atoms with van der Waals surface area (Å²) in [5, 5.41) is -0.604. The number of hydrogen-bond acceptors (Lipinski definition) is 4. The van der Waals surface area contributed by atoms with Gasteiger partial charge in [0.05, 0.1) is 15.5 Å². The van der Waals surface area contributed by atoms with Gasteiger partial charge in [-0.05, 0) is 18.2 Å². The number of piperazine rings is 1. The summed E-state index contributed by atoms with van der Waals surface area (Å²) in [4.78, 5) is 26.4. The second-order valence-corrected chi connectivity index (χ2v) is 8.58. The van der Waals surface area contributed by atoms with E-state index in [9.17, 15) is 31.2 Å². The van der Waals surface area contributed by atoms with Crippen molar-refractivity contribution in [2.24, 2.45) is 0 Å². The third-order valence-corrected chi connectivity index (χ3v) is 6.26. The third-order valence-electron chi connectivity index (χ3n) is 4.47. The predicted octanol–water partition coefficient (Wildman–Crippen LogP) is 2.11. The summed E-state index contributed by atoms with van der Waals surface area (Å²) in [6.07, 6.45) is -4.56. The third kappa shape index (κ3) is 6.06. The van der Waals surface area contributed by atoms with E-state index in [1.54, 1.807) is 11.8 Å². The van der Waals surface area contributed by atoms with Crippen molar-refractivity contribution in [3.8, 4) is 0 Å². The maximum absolute atomic E-state index is 12.9. The molecule has 7 nitrogen and oxygen atoms in total. The zero-order valence-electron chi connectivity index (χ0n) is 15.6. The molecule has 12 heteroatoms. The molecule has 1 fully saturated rings. The van der Waals surface area contributed by atoms with Crippen molar-refractivity contribution in [1.82, 2.24) is 14.5 Å². The molecule has 0 unspecified atom stereocenters. The molecule has 0 saturated carbocycles. The molecule has 0 atom stereocenters. The maximum Gasteiger partial charge on any atom is 0.417 e. The van der Waals surface area contributed by atoms with Crippen LogP contribution in [0.3, 0.4) is 0 Å². The van der Waals surface area contributed by atoms with E-state index in [4.69, 9.17) is 11.6 Å². The van der Waals surface area contributed by atoms with Crippen LogP contribution in [0.4, 0.5) is 13.2 Å². The number of halogens is 4. The Kier molecular flexibility index (Phi) is 7.52. The highest BCUT2D eigenvalue weighted by molar-refractivity contribution is 7.89. The highest BCUT2D eigenvalue weighted by Crippen LogP contribution is 2.35. The molecule has 0 bridgehead atoms. The molecule has 1 aliphatic rings. The maximum atomic E-state index is 12.9. The van der Waals surface area contributed by atoms with Crippen molar-refractivity contribution in [2.45, 2.75) is 30.8 Å². The van der Waals surface area contributed by atoms with E-state index in [0.717, 1.165) is 12.1 Å². The van der Waals surface area contributed by atoms with Crippen LogP contribution >= 0.6 is 11.6 Å². The van der Waals surface area contributed by atoms with Crippen LogP contribution in [-0.2, 0) is 25.8 Å². The number of amides is 2. The fourth-order valence-corrected chi connectivity index (χ4v) is 4.13. The van der Waals surface area contributed by atoms with Crippen LogP contribution in [0.1, 0.15) is 25.3 Å². The molecule has 2 rings (SSSR count). The van der Waals surface area contributed by atoms with Gasteiger partial charge in [0.1, 0.15) is 0 Å². The molecule has 2 amide bonds. The van der Waals surface area contributed by atoms with Crippen molar-refractivity contribution in [3.05, 3.63) is 28.8 Å². The first-order valence-electron chi connectivity index (χ1n) is 8.87. The Bertz CT molecular complexity index is 869. The molecule has 29 heavy (non-hydrogen) atoms. The average Bonchev–Trinajstić information content (AvgIpc) is 2.66. The average molecular weight is 456 g/mol. The van der Waals surface area contributed by atoms with Crippen molar-refractivity contribution < 1.29 is 31.2 Å². The van der Waals surface area contributed by atoms with Crippen LogP contribution in [0, 0.1) is 0 Å². The second-order valence-electron chi connectivity index (χ2n) is 6.40. The van der Waals surface area contributed by atoms with Crippen LogP contribution in [0.25, 0.3) is 0 Å². The van der Waals surface area contributed by atoms with Crippen molar-refractivity contribution >= 4 is 33.4 Å². The second kappa shape index (κ2) is 9.31. The molecular formula is C17H21ClF3N3O4S. The van der Waals surface area contributed by atoms with Gasteiger partial charge < -0.3 is 9.80 Å². The van der Waals surface area contributed by atoms with Gasteiger partial charge in [-0.1, -0.05) is 18.5 Å². The normalized spacial score (nSPS) is 15.5. The molecule has 1 aliphatic heterocycles. The number of carbonyl (C=O) groups excluding carboxylic acids is 2. The number of alkyl halides is 3. The number of carbonyl (C=O) groups is 2. The lowest BCUT2D eigenvalue weighted by atomic mass is 10.2. The summed E-state index contributed by atoms with van der Waals surface area (Å²) in [6.45, 7) is 3.01. The zero-order valence-corrected chi connectivity index (χ0v) is 17.2. The van der Waals surface area contributed by atoms with E-state index in [1.165, 1.54) is 4.90 Å². The van der Waals surface area contributed by atoms with Crippen molar-refractivity contribution in [3.63, 3.8) is 0 Å². The molecule has 1 aromatic rings. The van der Waals surface area contributed by atoms with Gasteiger partial charge in [0.15, 0.2) is 0 Å². The molecule has 0 radical (unpaired) electrons. The van der Waals surface area contributed by atoms with Crippen LogP contribution in [0.15, 0.2) is 23.1 Å². The lowest BCUT2D eigenvalue weighted by molar-refractivity contribution is -0.139. The Hall–Kier alpha value is -1.85. The van der Waals surface area contributed by atoms with Crippen LogP contribution < -0.4 is 4.72 Å². The summed E-state index contributed by atoms with van der Waals surface area (Å²) in [5.41, 5.74) is -1.25. The Morgan fingerprint density at radius 3 is 2.17 bits per heavy atom. The van der Waals surface area contributed by atoms with Crippen molar-refractivity contribution in [1.29, 1.82) is 0 Å². The van der Waals surface area contributed by atoms with Gasteiger partial charge in [0.2, 0.25) is 21.8 Å². The monoisotopic (exact) mass is 455 g/mol. The van der Waals surface area contributed by atoms with Gasteiger partial charge in [-0.25, -0.2) is 13.1 Å². The van der Waals surface area contributed by atoms with E-state index < -0.39 is 31.7 Å².